The Labute approximate surface area is 155 Å². The number of nitrogens with zero attached hydrogens (tertiary/aromatic N) is 4. The van der Waals surface area contributed by atoms with Crippen LogP contribution in [0.25, 0.3) is 11.3 Å². The van der Waals surface area contributed by atoms with Gasteiger partial charge in [-0.2, -0.15) is 5.10 Å². The molecule has 0 aromatic carbocycles. The van der Waals surface area contributed by atoms with Crippen molar-refractivity contribution in [2.45, 2.75) is 31.3 Å². The molecule has 2 aliphatic rings. The first-order chi connectivity index (χ1) is 13.0. The molecule has 1 aliphatic carbocycles. The van der Waals surface area contributed by atoms with Crippen LogP contribution in [-0.4, -0.2) is 32.2 Å². The van der Waals surface area contributed by atoms with Gasteiger partial charge in [-0.1, -0.05) is 6.58 Å². The lowest BCUT2D eigenvalue weighted by Gasteiger charge is -2.22. The number of ether oxygens (including phenoxy) is 1. The van der Waals surface area contributed by atoms with Crippen molar-refractivity contribution in [2.75, 3.05) is 11.9 Å². The van der Waals surface area contributed by atoms with E-state index < -0.39 is 5.54 Å². The summed E-state index contributed by atoms with van der Waals surface area (Å²) in [5, 5.41) is 11.1. The molecule has 0 saturated heterocycles. The summed E-state index contributed by atoms with van der Waals surface area (Å²) >= 11 is 0. The molecule has 4 heterocycles. The molecule has 7 nitrogen and oxygen atoms in total. The summed E-state index contributed by atoms with van der Waals surface area (Å²) in [5.41, 5.74) is 2.56. The van der Waals surface area contributed by atoms with Gasteiger partial charge in [-0.3, -0.25) is 0 Å². The third kappa shape index (κ3) is 2.68. The minimum atomic E-state index is -0.419. The largest absolute Gasteiger partial charge is 0.475 e. The van der Waals surface area contributed by atoms with E-state index in [0.717, 1.165) is 29.7 Å². The van der Waals surface area contributed by atoms with Gasteiger partial charge < -0.3 is 15.4 Å². The van der Waals surface area contributed by atoms with E-state index in [4.69, 9.17) is 9.72 Å². The number of halogens is 1. The van der Waals surface area contributed by atoms with Gasteiger partial charge in [0.15, 0.2) is 5.65 Å². The number of rotatable bonds is 0. The molecular weight excluding hydrogens is 347 g/mol. The molecule has 2 bridgehead atoms. The smallest absolute Gasteiger partial charge is 0.219 e. The minimum absolute atomic E-state index is 0.0285. The summed E-state index contributed by atoms with van der Waals surface area (Å²) in [5.74, 6) is 0.761. The molecule has 8 heteroatoms. The summed E-state index contributed by atoms with van der Waals surface area (Å²) in [7, 11) is 0. The Morgan fingerprint density at radius 2 is 2.22 bits per heavy atom. The number of hydrogen-bond donors (Lipinski definition) is 2. The van der Waals surface area contributed by atoms with Crippen molar-refractivity contribution >= 4 is 17.2 Å². The predicted molar refractivity (Wildman–Crippen MR) is 98.8 cm³/mol. The highest BCUT2D eigenvalue weighted by Crippen LogP contribution is 2.50. The van der Waals surface area contributed by atoms with Crippen LogP contribution in [-0.2, 0) is 5.54 Å². The fourth-order valence-electron chi connectivity index (χ4n) is 3.49. The molecule has 1 fully saturated rings. The normalized spacial score (nSPS) is 20.7. The van der Waals surface area contributed by atoms with E-state index >= 15 is 0 Å². The lowest BCUT2D eigenvalue weighted by Crippen LogP contribution is -2.31. The third-order valence-corrected chi connectivity index (χ3v) is 5.04. The van der Waals surface area contributed by atoms with Gasteiger partial charge in [0.2, 0.25) is 5.88 Å². The molecule has 1 aliphatic heterocycles. The monoisotopic (exact) mass is 366 g/mol. The zero-order valence-electron chi connectivity index (χ0n) is 14.9. The van der Waals surface area contributed by atoms with Crippen molar-refractivity contribution in [1.29, 1.82) is 0 Å². The van der Waals surface area contributed by atoms with Gasteiger partial charge in [0, 0.05) is 17.5 Å². The van der Waals surface area contributed by atoms with Crippen molar-refractivity contribution in [3.05, 3.63) is 54.2 Å². The fraction of sp³-hybridized carbons (Fsp3) is 0.316. The molecule has 138 valence electrons. The lowest BCUT2D eigenvalue weighted by molar-refractivity contribution is 0.269. The van der Waals surface area contributed by atoms with E-state index in [9.17, 15) is 4.39 Å². The highest BCUT2D eigenvalue weighted by Gasteiger charge is 2.47. The summed E-state index contributed by atoms with van der Waals surface area (Å²) in [6.45, 7) is 6.48. The van der Waals surface area contributed by atoms with Crippen LogP contribution >= 0.6 is 0 Å². The number of anilines is 1. The van der Waals surface area contributed by atoms with E-state index in [1.807, 2.05) is 19.2 Å². The van der Waals surface area contributed by atoms with Crippen LogP contribution in [0.1, 0.15) is 30.9 Å². The average Bonchev–Trinajstić information content (AvgIpc) is 3.29. The van der Waals surface area contributed by atoms with Crippen LogP contribution in [0.15, 0.2) is 37.3 Å². The predicted octanol–water partition coefficient (Wildman–Crippen LogP) is 2.71. The zero-order valence-corrected chi connectivity index (χ0v) is 14.9. The molecule has 0 radical (unpaired) electrons. The Morgan fingerprint density at radius 3 is 3.04 bits per heavy atom. The maximum atomic E-state index is 13.9. The highest BCUT2D eigenvalue weighted by atomic mass is 19.1. The number of nitrogens with one attached hydrogen (secondary N) is 2. The molecule has 0 amide bonds. The Morgan fingerprint density at radius 1 is 1.37 bits per heavy atom. The average molecular weight is 366 g/mol. The highest BCUT2D eigenvalue weighted by molar-refractivity contribution is 5.74. The van der Waals surface area contributed by atoms with Crippen LogP contribution in [0, 0.1) is 5.82 Å². The second-order valence-corrected chi connectivity index (χ2v) is 7.19. The standard InChI is InChI=1S/C19H19FN6O/c1-11-10-27-18-15(7-13(20)8-21-18)19(4-5-19)25-16-3-6-26-17(24-16)14(9-22-26)12(2)23-11/h3,6-9,11,23H,2,4-5,10H2,1H3,(H,24,25)/t11-/m0/s1. The van der Waals surface area contributed by atoms with Crippen molar-refractivity contribution < 1.29 is 9.13 Å². The third-order valence-electron chi connectivity index (χ3n) is 5.04. The van der Waals surface area contributed by atoms with Gasteiger partial charge >= 0.3 is 0 Å². The quantitative estimate of drug-likeness (QED) is 0.637. The molecule has 3 aromatic rings. The topological polar surface area (TPSA) is 76.4 Å². The van der Waals surface area contributed by atoms with E-state index in [-0.39, 0.29) is 11.9 Å². The van der Waals surface area contributed by atoms with Gasteiger partial charge in [0.25, 0.3) is 0 Å². The zero-order chi connectivity index (χ0) is 18.6. The fourth-order valence-corrected chi connectivity index (χ4v) is 3.49. The molecule has 27 heavy (non-hydrogen) atoms. The summed E-state index contributed by atoms with van der Waals surface area (Å²) in [4.78, 5) is 8.91. The van der Waals surface area contributed by atoms with Crippen LogP contribution in [0.4, 0.5) is 10.2 Å². The number of hydrogen-bond acceptors (Lipinski definition) is 6. The molecule has 1 spiro atoms. The van der Waals surface area contributed by atoms with Crippen LogP contribution in [0.5, 0.6) is 5.88 Å². The van der Waals surface area contributed by atoms with Crippen molar-refractivity contribution in [3.8, 4) is 5.88 Å². The second-order valence-electron chi connectivity index (χ2n) is 7.19. The van der Waals surface area contributed by atoms with E-state index in [0.29, 0.717) is 24.0 Å². The Balaban J connectivity index is 1.66. The Hall–Kier alpha value is -3.16. The molecular formula is C19H19FN6O. The van der Waals surface area contributed by atoms with E-state index in [1.165, 1.54) is 12.3 Å². The van der Waals surface area contributed by atoms with Gasteiger partial charge in [0.05, 0.1) is 29.5 Å². The first kappa shape index (κ1) is 16.0. The van der Waals surface area contributed by atoms with E-state index in [1.54, 1.807) is 10.7 Å². The molecule has 2 N–H and O–H groups in total. The van der Waals surface area contributed by atoms with Crippen LogP contribution < -0.4 is 15.4 Å². The molecule has 0 unspecified atom stereocenters. The Kier molecular flexibility index (Phi) is 3.37. The van der Waals surface area contributed by atoms with Crippen LogP contribution in [0.3, 0.4) is 0 Å². The second kappa shape index (κ2) is 5.67. The molecule has 5 rings (SSSR count). The van der Waals surface area contributed by atoms with Gasteiger partial charge in [0.1, 0.15) is 18.2 Å². The number of aromatic nitrogens is 4. The van der Waals surface area contributed by atoms with Crippen molar-refractivity contribution in [1.82, 2.24) is 24.9 Å². The Bertz CT molecular complexity index is 1060. The van der Waals surface area contributed by atoms with Gasteiger partial charge in [-0.15, -0.1) is 0 Å². The summed E-state index contributed by atoms with van der Waals surface area (Å²) in [6.07, 6.45) is 6.49. The summed E-state index contributed by atoms with van der Waals surface area (Å²) in [6, 6.07) is 3.33. The molecule has 1 saturated carbocycles. The maximum absolute atomic E-state index is 13.9. The number of fused-ring (bicyclic) bond motifs is 3. The van der Waals surface area contributed by atoms with Gasteiger partial charge in [-0.05, 0) is 31.9 Å². The number of pyridine rings is 1. The van der Waals surface area contributed by atoms with E-state index in [2.05, 4.69) is 27.3 Å². The molecule has 3 aromatic heterocycles. The summed E-state index contributed by atoms with van der Waals surface area (Å²) < 4.78 is 21.6. The molecule has 1 atom stereocenters. The lowest BCUT2D eigenvalue weighted by atomic mass is 10.1. The maximum Gasteiger partial charge on any atom is 0.219 e. The first-order valence-electron chi connectivity index (χ1n) is 8.91. The first-order valence-corrected chi connectivity index (χ1v) is 8.91. The minimum Gasteiger partial charge on any atom is -0.475 e. The SMILES string of the molecule is C=C1N[C@@H](C)COc2ncc(F)cc2C2(CC2)Nc2ccn3ncc1c3n2. The van der Waals surface area contributed by atoms with Gasteiger partial charge in [-0.25, -0.2) is 18.9 Å². The van der Waals surface area contributed by atoms with Crippen molar-refractivity contribution in [2.24, 2.45) is 0 Å². The van der Waals surface area contributed by atoms with Crippen molar-refractivity contribution in [3.63, 3.8) is 0 Å². The van der Waals surface area contributed by atoms with Crippen LogP contribution in [0.2, 0.25) is 0 Å².